The van der Waals surface area contributed by atoms with Crippen molar-refractivity contribution in [3.8, 4) is 17.0 Å². The number of aromatic nitrogens is 1. The van der Waals surface area contributed by atoms with Crippen LogP contribution in [0.25, 0.3) is 11.1 Å². The number of urea groups is 1. The smallest absolute Gasteiger partial charge is 0.473 e. The van der Waals surface area contributed by atoms with E-state index in [1.807, 2.05) is 19.1 Å². The molecule has 0 radical (unpaired) electrons. The minimum atomic E-state index is -4.72. The van der Waals surface area contributed by atoms with E-state index in [0.717, 1.165) is 48.3 Å². The van der Waals surface area contributed by atoms with E-state index in [-0.39, 0.29) is 25.6 Å². The third kappa shape index (κ3) is 7.11. The molecule has 212 valence electrons. The van der Waals surface area contributed by atoms with E-state index < -0.39 is 18.5 Å². The summed E-state index contributed by atoms with van der Waals surface area (Å²) in [6, 6.07) is 7.11. The number of pyridine rings is 1. The van der Waals surface area contributed by atoms with Crippen LogP contribution in [0, 0.1) is 6.92 Å². The second kappa shape index (κ2) is 12.0. The normalized spacial score (nSPS) is 20.8. The maximum absolute atomic E-state index is 12.8. The van der Waals surface area contributed by atoms with E-state index in [1.54, 1.807) is 12.3 Å². The summed E-state index contributed by atoms with van der Waals surface area (Å²) in [4.78, 5) is 21.0. The lowest BCUT2D eigenvalue weighted by Gasteiger charge is -2.31. The van der Waals surface area contributed by atoms with Gasteiger partial charge in [0.25, 0.3) is 0 Å². The van der Waals surface area contributed by atoms with Crippen molar-refractivity contribution in [2.45, 2.75) is 44.8 Å². The first kappa shape index (κ1) is 27.5. The number of anilines is 2. The number of amides is 2. The molecule has 9 nitrogen and oxygen atoms in total. The average Bonchev–Trinajstić information content (AvgIpc) is 3.38. The lowest BCUT2D eigenvalue weighted by molar-refractivity contribution is -0.340. The second-order valence-electron chi connectivity index (χ2n) is 9.96. The lowest BCUT2D eigenvalue weighted by atomic mass is 10.0. The molecular weight excluding hydrogens is 517 g/mol. The van der Waals surface area contributed by atoms with Crippen LogP contribution in [0.1, 0.15) is 24.8 Å². The fraction of sp³-hybridized carbons (Fsp3) is 0.556. The molecule has 0 unspecified atom stereocenters. The molecule has 1 atom stereocenters. The molecule has 3 aliphatic heterocycles. The molecule has 0 spiro atoms. The van der Waals surface area contributed by atoms with Gasteiger partial charge < -0.3 is 29.3 Å². The quantitative estimate of drug-likeness (QED) is 0.563. The number of benzene rings is 1. The van der Waals surface area contributed by atoms with Crippen molar-refractivity contribution in [1.82, 2.24) is 9.88 Å². The summed E-state index contributed by atoms with van der Waals surface area (Å²) in [6.07, 6.45) is -2.21. The average molecular weight is 551 g/mol. The van der Waals surface area contributed by atoms with Crippen molar-refractivity contribution in [1.29, 1.82) is 0 Å². The minimum absolute atomic E-state index is 0.0453. The Morgan fingerprint density at radius 1 is 1.03 bits per heavy atom. The molecule has 2 aromatic rings. The predicted octanol–water partition coefficient (Wildman–Crippen LogP) is 4.59. The fourth-order valence-electron chi connectivity index (χ4n) is 5.07. The number of aryl methyl sites for hydroxylation is 1. The first-order chi connectivity index (χ1) is 18.7. The summed E-state index contributed by atoms with van der Waals surface area (Å²) in [5.41, 5.74) is 4.16. The number of carbonyl (C=O) groups is 1. The first-order valence-electron chi connectivity index (χ1n) is 13.2. The Kier molecular flexibility index (Phi) is 8.43. The summed E-state index contributed by atoms with van der Waals surface area (Å²) >= 11 is 0. The van der Waals surface area contributed by atoms with E-state index in [0.29, 0.717) is 38.0 Å². The number of halogens is 3. The molecule has 5 rings (SSSR count). The monoisotopic (exact) mass is 550 g/mol. The zero-order valence-corrected chi connectivity index (χ0v) is 21.8. The maximum atomic E-state index is 12.8. The first-order valence-corrected chi connectivity index (χ1v) is 13.2. The zero-order valence-electron chi connectivity index (χ0n) is 21.8. The number of morpholine rings is 1. The lowest BCUT2D eigenvalue weighted by Crippen LogP contribution is -2.37. The van der Waals surface area contributed by atoms with Gasteiger partial charge in [0, 0.05) is 56.5 Å². The molecule has 3 fully saturated rings. The molecule has 1 aromatic heterocycles. The van der Waals surface area contributed by atoms with Gasteiger partial charge in [0.1, 0.15) is 11.8 Å². The topological polar surface area (TPSA) is 85.4 Å². The highest BCUT2D eigenvalue weighted by atomic mass is 19.4. The summed E-state index contributed by atoms with van der Waals surface area (Å²) in [5.74, 6) is 0.583. The van der Waals surface area contributed by atoms with Gasteiger partial charge in [0.15, 0.2) is 0 Å². The number of rotatable bonds is 6. The van der Waals surface area contributed by atoms with Gasteiger partial charge in [0.2, 0.25) is 5.88 Å². The third-order valence-electron chi connectivity index (χ3n) is 7.16. The zero-order chi connectivity index (χ0) is 27.4. The van der Waals surface area contributed by atoms with Gasteiger partial charge in [-0.05, 0) is 42.7 Å². The number of ether oxygens (including phenoxy) is 4. The highest BCUT2D eigenvalue weighted by Crippen LogP contribution is 2.35. The fourth-order valence-corrected chi connectivity index (χ4v) is 5.07. The van der Waals surface area contributed by atoms with Crippen LogP contribution in [-0.4, -0.2) is 87.1 Å². The number of nitrogens with zero attached hydrogens (tertiary/aromatic N) is 3. The van der Waals surface area contributed by atoms with Gasteiger partial charge in [-0.1, -0.05) is 6.07 Å². The van der Waals surface area contributed by atoms with E-state index >= 15 is 0 Å². The molecular formula is C27H33F3N4O5. The highest BCUT2D eigenvalue weighted by Gasteiger charge is 2.37. The Morgan fingerprint density at radius 2 is 1.77 bits per heavy atom. The van der Waals surface area contributed by atoms with Crippen LogP contribution in [-0.2, 0) is 14.2 Å². The summed E-state index contributed by atoms with van der Waals surface area (Å²) in [7, 11) is 0. The molecule has 39 heavy (non-hydrogen) atoms. The van der Waals surface area contributed by atoms with Crippen molar-refractivity contribution < 1.29 is 36.9 Å². The number of alkyl halides is 3. The number of carbonyl (C=O) groups excluding carboxylic acids is 1. The van der Waals surface area contributed by atoms with Gasteiger partial charge in [-0.3, -0.25) is 4.74 Å². The van der Waals surface area contributed by atoms with Crippen molar-refractivity contribution in [2.75, 3.05) is 62.8 Å². The largest absolute Gasteiger partial charge is 0.522 e. The Balaban J connectivity index is 1.34. The highest BCUT2D eigenvalue weighted by molar-refractivity contribution is 5.91. The molecule has 1 N–H and O–H groups in total. The Labute approximate surface area is 225 Å². The summed E-state index contributed by atoms with van der Waals surface area (Å²) in [5, 5.41) is 2.81. The van der Waals surface area contributed by atoms with Crippen LogP contribution in [0.2, 0.25) is 0 Å². The molecule has 12 heteroatoms. The molecule has 0 saturated carbocycles. The molecule has 3 aliphatic rings. The standard InChI is InChI=1S/C27H33F3N4O5/c1-18-2-3-20(32-26(35)34-7-4-22(17-34)39-27(28,29)30)15-23(18)19-14-24(33-8-12-37-13-9-33)25(31-16-19)38-21-5-10-36-11-6-21/h2-3,14-16,21-22H,4-13,17H2,1H3,(H,32,35)/t22-/m1/s1. The SMILES string of the molecule is Cc1ccc(NC(=O)N2CC[C@@H](OC(F)(F)F)C2)cc1-c1cnc(OC2CCOCC2)c(N2CCOCC2)c1. The van der Waals surface area contributed by atoms with Crippen LogP contribution < -0.4 is 15.0 Å². The number of hydrogen-bond donors (Lipinski definition) is 1. The number of likely N-dealkylation sites (tertiary alicyclic amines) is 1. The second-order valence-corrected chi connectivity index (χ2v) is 9.96. The number of hydrogen-bond acceptors (Lipinski definition) is 7. The Bertz CT molecular complexity index is 1150. The minimum Gasteiger partial charge on any atom is -0.473 e. The molecule has 0 bridgehead atoms. The summed E-state index contributed by atoms with van der Waals surface area (Å²) in [6.45, 7) is 6.05. The van der Waals surface area contributed by atoms with Crippen molar-refractivity contribution in [3.63, 3.8) is 0 Å². The van der Waals surface area contributed by atoms with Crippen molar-refractivity contribution in [3.05, 3.63) is 36.0 Å². The molecule has 0 aliphatic carbocycles. The summed E-state index contributed by atoms with van der Waals surface area (Å²) < 4.78 is 59.0. The van der Waals surface area contributed by atoms with E-state index in [1.165, 1.54) is 4.90 Å². The van der Waals surface area contributed by atoms with Crippen molar-refractivity contribution in [2.24, 2.45) is 0 Å². The molecule has 4 heterocycles. The van der Waals surface area contributed by atoms with E-state index in [2.05, 4.69) is 21.0 Å². The maximum Gasteiger partial charge on any atom is 0.522 e. The van der Waals surface area contributed by atoms with Gasteiger partial charge in [-0.15, -0.1) is 13.2 Å². The third-order valence-corrected chi connectivity index (χ3v) is 7.16. The predicted molar refractivity (Wildman–Crippen MR) is 138 cm³/mol. The molecule has 1 aromatic carbocycles. The number of nitrogens with one attached hydrogen (secondary N) is 1. The Hall–Kier alpha value is -3.09. The van der Waals surface area contributed by atoms with Crippen LogP contribution in [0.4, 0.5) is 29.3 Å². The molecule has 2 amide bonds. The van der Waals surface area contributed by atoms with E-state index in [9.17, 15) is 18.0 Å². The van der Waals surface area contributed by atoms with Crippen LogP contribution in [0.15, 0.2) is 30.5 Å². The van der Waals surface area contributed by atoms with Gasteiger partial charge in [-0.2, -0.15) is 0 Å². The van der Waals surface area contributed by atoms with E-state index in [4.69, 9.17) is 19.2 Å². The van der Waals surface area contributed by atoms with Crippen LogP contribution >= 0.6 is 0 Å². The van der Waals surface area contributed by atoms with Gasteiger partial charge in [0.05, 0.1) is 32.5 Å². The van der Waals surface area contributed by atoms with Crippen LogP contribution in [0.3, 0.4) is 0 Å². The molecule has 3 saturated heterocycles. The van der Waals surface area contributed by atoms with Crippen molar-refractivity contribution >= 4 is 17.4 Å². The Morgan fingerprint density at radius 3 is 2.51 bits per heavy atom. The van der Waals surface area contributed by atoms with Crippen LogP contribution in [0.5, 0.6) is 5.88 Å². The van der Waals surface area contributed by atoms with Gasteiger partial charge >= 0.3 is 12.4 Å². The van der Waals surface area contributed by atoms with Gasteiger partial charge in [-0.25, -0.2) is 9.78 Å².